The normalized spacial score (nSPS) is 36.1. The molecule has 3 aliphatic rings. The lowest BCUT2D eigenvalue weighted by molar-refractivity contribution is -0.126. The Morgan fingerprint density at radius 3 is 2.83 bits per heavy atom. The number of hydrogen-bond donors (Lipinski definition) is 2. The van der Waals surface area contributed by atoms with Crippen LogP contribution in [0.15, 0.2) is 0 Å². The lowest BCUT2D eigenvalue weighted by atomic mass is 10.0. The Kier molecular flexibility index (Phi) is 3.32. The number of rotatable bonds is 4. The molecular formula is C14H25N3O. The third-order valence-corrected chi connectivity index (χ3v) is 4.73. The Morgan fingerprint density at radius 2 is 2.17 bits per heavy atom. The number of nitrogens with one attached hydrogen (secondary N) is 2. The summed E-state index contributed by atoms with van der Waals surface area (Å²) in [5.41, 5.74) is 0. The molecule has 4 nitrogen and oxygen atoms in total. The first-order valence-electron chi connectivity index (χ1n) is 7.42. The summed E-state index contributed by atoms with van der Waals surface area (Å²) >= 11 is 0. The van der Waals surface area contributed by atoms with Gasteiger partial charge in [-0.1, -0.05) is 0 Å². The van der Waals surface area contributed by atoms with Gasteiger partial charge in [-0.2, -0.15) is 0 Å². The highest BCUT2D eigenvalue weighted by atomic mass is 16.2. The van der Waals surface area contributed by atoms with Crippen LogP contribution in [0.5, 0.6) is 0 Å². The van der Waals surface area contributed by atoms with E-state index in [4.69, 9.17) is 0 Å². The van der Waals surface area contributed by atoms with E-state index in [0.29, 0.717) is 18.0 Å². The first kappa shape index (κ1) is 12.4. The van der Waals surface area contributed by atoms with Crippen LogP contribution in [-0.4, -0.2) is 48.6 Å². The molecule has 18 heavy (non-hydrogen) atoms. The van der Waals surface area contributed by atoms with Gasteiger partial charge in [0.05, 0.1) is 6.04 Å². The zero-order valence-corrected chi connectivity index (χ0v) is 11.5. The fourth-order valence-corrected chi connectivity index (χ4v) is 3.62. The minimum atomic E-state index is 0.112. The molecule has 3 fully saturated rings. The molecule has 0 spiro atoms. The Labute approximate surface area is 109 Å². The van der Waals surface area contributed by atoms with Gasteiger partial charge in [0.25, 0.3) is 0 Å². The van der Waals surface area contributed by atoms with E-state index in [0.717, 1.165) is 32.0 Å². The van der Waals surface area contributed by atoms with E-state index in [1.165, 1.54) is 12.8 Å². The van der Waals surface area contributed by atoms with Gasteiger partial charge in [-0.3, -0.25) is 9.69 Å². The highest BCUT2D eigenvalue weighted by Gasteiger charge is 2.47. The molecule has 0 aromatic carbocycles. The van der Waals surface area contributed by atoms with Crippen molar-refractivity contribution in [3.05, 3.63) is 0 Å². The van der Waals surface area contributed by atoms with E-state index in [-0.39, 0.29) is 11.9 Å². The van der Waals surface area contributed by atoms with Crippen LogP contribution in [-0.2, 0) is 4.79 Å². The average Bonchev–Trinajstić information content (AvgIpc) is 2.91. The largest absolute Gasteiger partial charge is 0.354 e. The molecule has 4 heteroatoms. The minimum Gasteiger partial charge on any atom is -0.354 e. The SMILES string of the molecule is CC(C)N1[C@@H]2CNC[C@@H]2C[C@H]1C(=O)NCC1CC1. The predicted octanol–water partition coefficient (Wildman–Crippen LogP) is 0.583. The van der Waals surface area contributed by atoms with E-state index in [1.54, 1.807) is 0 Å². The summed E-state index contributed by atoms with van der Waals surface area (Å²) in [4.78, 5) is 14.8. The molecule has 2 N–H and O–H groups in total. The molecule has 0 aromatic rings. The van der Waals surface area contributed by atoms with Gasteiger partial charge in [0.1, 0.15) is 0 Å². The molecule has 0 unspecified atom stereocenters. The van der Waals surface area contributed by atoms with Crippen LogP contribution in [0, 0.1) is 11.8 Å². The first-order valence-corrected chi connectivity index (χ1v) is 7.42. The number of fused-ring (bicyclic) bond motifs is 1. The molecule has 1 saturated carbocycles. The van der Waals surface area contributed by atoms with E-state index in [1.807, 2.05) is 0 Å². The number of carbonyl (C=O) groups excluding carboxylic acids is 1. The van der Waals surface area contributed by atoms with Crippen LogP contribution in [0.3, 0.4) is 0 Å². The second kappa shape index (κ2) is 4.82. The summed E-state index contributed by atoms with van der Waals surface area (Å²) in [6, 6.07) is 1.14. The molecule has 2 saturated heterocycles. The van der Waals surface area contributed by atoms with Crippen molar-refractivity contribution in [3.8, 4) is 0 Å². The van der Waals surface area contributed by atoms with Crippen LogP contribution >= 0.6 is 0 Å². The topological polar surface area (TPSA) is 44.4 Å². The molecular weight excluding hydrogens is 226 g/mol. The predicted molar refractivity (Wildman–Crippen MR) is 71.3 cm³/mol. The maximum Gasteiger partial charge on any atom is 0.237 e. The van der Waals surface area contributed by atoms with Crippen molar-refractivity contribution in [1.29, 1.82) is 0 Å². The van der Waals surface area contributed by atoms with Gasteiger partial charge < -0.3 is 10.6 Å². The van der Waals surface area contributed by atoms with Crippen molar-refractivity contribution in [2.24, 2.45) is 11.8 Å². The standard InChI is InChI=1S/C14H25N3O/c1-9(2)17-12(5-11-7-15-8-13(11)17)14(18)16-6-10-3-4-10/h9-13,15H,3-8H2,1-2H3,(H,16,18)/t11-,12-,13+/m0/s1. The molecule has 0 radical (unpaired) electrons. The number of likely N-dealkylation sites (tertiary alicyclic amines) is 1. The van der Waals surface area contributed by atoms with Gasteiger partial charge in [-0.15, -0.1) is 0 Å². The summed E-state index contributed by atoms with van der Waals surface area (Å²) in [6.07, 6.45) is 3.63. The zero-order chi connectivity index (χ0) is 12.7. The molecule has 0 aromatic heterocycles. The van der Waals surface area contributed by atoms with Gasteiger partial charge in [0.15, 0.2) is 0 Å². The average molecular weight is 251 g/mol. The van der Waals surface area contributed by atoms with Crippen molar-refractivity contribution in [2.45, 2.75) is 51.2 Å². The third-order valence-electron chi connectivity index (χ3n) is 4.73. The Balaban J connectivity index is 1.64. The van der Waals surface area contributed by atoms with Crippen molar-refractivity contribution >= 4 is 5.91 Å². The number of carbonyl (C=O) groups is 1. The Bertz CT molecular complexity index is 327. The van der Waals surface area contributed by atoms with E-state index < -0.39 is 0 Å². The van der Waals surface area contributed by atoms with Gasteiger partial charge in [0.2, 0.25) is 5.91 Å². The summed E-state index contributed by atoms with van der Waals surface area (Å²) in [7, 11) is 0. The van der Waals surface area contributed by atoms with E-state index in [9.17, 15) is 4.79 Å². The van der Waals surface area contributed by atoms with Crippen molar-refractivity contribution in [3.63, 3.8) is 0 Å². The molecule has 1 aliphatic carbocycles. The molecule has 1 amide bonds. The summed E-state index contributed by atoms with van der Waals surface area (Å²) in [5.74, 6) is 1.71. The first-order chi connectivity index (χ1) is 8.66. The maximum atomic E-state index is 12.4. The van der Waals surface area contributed by atoms with E-state index >= 15 is 0 Å². The fraction of sp³-hybridized carbons (Fsp3) is 0.929. The Hall–Kier alpha value is -0.610. The van der Waals surface area contributed by atoms with Crippen molar-refractivity contribution in [1.82, 2.24) is 15.5 Å². The number of nitrogens with zero attached hydrogens (tertiary/aromatic N) is 1. The second-order valence-electron chi connectivity index (χ2n) is 6.47. The molecule has 102 valence electrons. The fourth-order valence-electron chi connectivity index (χ4n) is 3.62. The van der Waals surface area contributed by atoms with Crippen LogP contribution < -0.4 is 10.6 Å². The quantitative estimate of drug-likeness (QED) is 0.768. The molecule has 2 aliphatic heterocycles. The molecule has 0 bridgehead atoms. The van der Waals surface area contributed by atoms with Crippen LogP contribution in [0.25, 0.3) is 0 Å². The van der Waals surface area contributed by atoms with Gasteiger partial charge >= 0.3 is 0 Å². The maximum absolute atomic E-state index is 12.4. The van der Waals surface area contributed by atoms with Gasteiger partial charge in [-0.05, 0) is 51.5 Å². The van der Waals surface area contributed by atoms with Crippen LogP contribution in [0.2, 0.25) is 0 Å². The Morgan fingerprint density at radius 1 is 1.39 bits per heavy atom. The monoisotopic (exact) mass is 251 g/mol. The highest BCUT2D eigenvalue weighted by Crippen LogP contribution is 2.34. The van der Waals surface area contributed by atoms with Gasteiger partial charge in [-0.25, -0.2) is 0 Å². The number of amides is 1. The van der Waals surface area contributed by atoms with Crippen molar-refractivity contribution in [2.75, 3.05) is 19.6 Å². The zero-order valence-electron chi connectivity index (χ0n) is 11.5. The third kappa shape index (κ3) is 2.28. The van der Waals surface area contributed by atoms with E-state index in [2.05, 4.69) is 29.4 Å². The van der Waals surface area contributed by atoms with Gasteiger partial charge in [0, 0.05) is 25.2 Å². The molecule has 3 rings (SSSR count). The summed E-state index contributed by atoms with van der Waals surface area (Å²) in [6.45, 7) is 7.45. The lowest BCUT2D eigenvalue weighted by Crippen LogP contribution is -2.50. The van der Waals surface area contributed by atoms with Crippen molar-refractivity contribution < 1.29 is 4.79 Å². The smallest absolute Gasteiger partial charge is 0.237 e. The minimum absolute atomic E-state index is 0.112. The highest BCUT2D eigenvalue weighted by molar-refractivity contribution is 5.82. The molecule has 3 atom stereocenters. The molecule has 2 heterocycles. The lowest BCUT2D eigenvalue weighted by Gasteiger charge is -2.32. The number of hydrogen-bond acceptors (Lipinski definition) is 3. The second-order valence-corrected chi connectivity index (χ2v) is 6.47. The van der Waals surface area contributed by atoms with Crippen LogP contribution in [0.1, 0.15) is 33.1 Å². The summed E-state index contributed by atoms with van der Waals surface area (Å²) in [5, 5.41) is 6.62. The van der Waals surface area contributed by atoms with Crippen LogP contribution in [0.4, 0.5) is 0 Å². The summed E-state index contributed by atoms with van der Waals surface area (Å²) < 4.78 is 0.